The van der Waals surface area contributed by atoms with E-state index in [1.165, 1.54) is 41.3 Å². The normalized spacial score (nSPS) is 12.9. The molecule has 1 N–H and O–H groups in total. The van der Waals surface area contributed by atoms with Gasteiger partial charge in [0.05, 0.1) is 10.6 Å². The number of hydrogen-bond donors (Lipinski definition) is 1. The molecule has 0 heterocycles. The van der Waals surface area contributed by atoms with Crippen molar-refractivity contribution in [1.82, 2.24) is 10.2 Å². The Morgan fingerprint density at radius 1 is 0.921 bits per heavy atom. The molecule has 3 rings (SSSR count). The molecule has 0 spiro atoms. The second kappa shape index (κ2) is 12.7. The van der Waals surface area contributed by atoms with Gasteiger partial charge in [0.2, 0.25) is 11.8 Å². The van der Waals surface area contributed by atoms with Gasteiger partial charge in [-0.15, -0.1) is 0 Å². The van der Waals surface area contributed by atoms with Crippen molar-refractivity contribution in [3.8, 4) is 0 Å². The molecule has 0 saturated heterocycles. The maximum absolute atomic E-state index is 13.8. The predicted molar refractivity (Wildman–Crippen MR) is 146 cm³/mol. The smallest absolute Gasteiger partial charge is 0.264 e. The first kappa shape index (κ1) is 28.8. The Kier molecular flexibility index (Phi) is 9.63. The Morgan fingerprint density at radius 3 is 2.11 bits per heavy atom. The van der Waals surface area contributed by atoms with Crippen LogP contribution in [-0.4, -0.2) is 43.8 Å². The Morgan fingerprint density at radius 2 is 1.53 bits per heavy atom. The number of carbonyl (C=O) groups is 2. The standard InChI is InChI=1S/C29H34FN3O4S/c1-5-22(3)31-29(35)23(4)32(19-24-13-15-25(30)16-14-24)28(34)20-33(26-9-7-6-8-10-26)38(36,37)27-17-11-21(2)12-18-27/h6-18,22-23H,5,19-20H2,1-4H3,(H,31,35)/t22-,23+/m0/s1. The van der Waals surface area contributed by atoms with Crippen LogP contribution in [0.5, 0.6) is 0 Å². The van der Waals surface area contributed by atoms with Crippen molar-refractivity contribution in [2.75, 3.05) is 10.8 Å². The molecule has 0 aliphatic carbocycles. The van der Waals surface area contributed by atoms with Crippen LogP contribution >= 0.6 is 0 Å². The third kappa shape index (κ3) is 7.19. The first-order valence-electron chi connectivity index (χ1n) is 12.5. The van der Waals surface area contributed by atoms with E-state index in [4.69, 9.17) is 0 Å². The summed E-state index contributed by atoms with van der Waals surface area (Å²) in [5.74, 6) is -1.35. The second-order valence-corrected chi connectivity index (χ2v) is 11.2. The number of nitrogens with one attached hydrogen (secondary N) is 1. The van der Waals surface area contributed by atoms with Crippen LogP contribution in [-0.2, 0) is 26.2 Å². The predicted octanol–water partition coefficient (Wildman–Crippen LogP) is 4.66. The van der Waals surface area contributed by atoms with Gasteiger partial charge < -0.3 is 10.2 Å². The van der Waals surface area contributed by atoms with Gasteiger partial charge >= 0.3 is 0 Å². The highest BCUT2D eigenvalue weighted by Crippen LogP contribution is 2.24. The summed E-state index contributed by atoms with van der Waals surface area (Å²) >= 11 is 0. The average molecular weight is 540 g/mol. The number of para-hydroxylation sites is 1. The van der Waals surface area contributed by atoms with Gasteiger partial charge in [0, 0.05) is 12.6 Å². The monoisotopic (exact) mass is 539 g/mol. The molecule has 38 heavy (non-hydrogen) atoms. The summed E-state index contributed by atoms with van der Waals surface area (Å²) < 4.78 is 42.0. The maximum Gasteiger partial charge on any atom is 0.264 e. The second-order valence-electron chi connectivity index (χ2n) is 9.30. The molecular weight excluding hydrogens is 505 g/mol. The van der Waals surface area contributed by atoms with Crippen LogP contribution in [0, 0.1) is 12.7 Å². The number of sulfonamides is 1. The van der Waals surface area contributed by atoms with Crippen LogP contribution in [0.1, 0.15) is 38.3 Å². The molecule has 2 atom stereocenters. The van der Waals surface area contributed by atoms with E-state index in [1.807, 2.05) is 20.8 Å². The number of halogens is 1. The van der Waals surface area contributed by atoms with Crippen molar-refractivity contribution < 1.29 is 22.4 Å². The molecule has 2 amide bonds. The van der Waals surface area contributed by atoms with Gasteiger partial charge in [0.15, 0.2) is 0 Å². The van der Waals surface area contributed by atoms with E-state index in [1.54, 1.807) is 49.4 Å². The first-order chi connectivity index (χ1) is 18.0. The van der Waals surface area contributed by atoms with E-state index >= 15 is 0 Å². The van der Waals surface area contributed by atoms with E-state index in [-0.39, 0.29) is 23.4 Å². The Labute approximate surface area is 224 Å². The summed E-state index contributed by atoms with van der Waals surface area (Å²) in [5.41, 5.74) is 1.83. The molecule has 0 radical (unpaired) electrons. The Hall–Kier alpha value is -3.72. The fourth-order valence-corrected chi connectivity index (χ4v) is 5.21. The molecule has 0 aliphatic heterocycles. The lowest BCUT2D eigenvalue weighted by molar-refractivity contribution is -0.139. The Balaban J connectivity index is 1.99. The highest BCUT2D eigenvalue weighted by molar-refractivity contribution is 7.92. The lowest BCUT2D eigenvalue weighted by atomic mass is 10.1. The van der Waals surface area contributed by atoms with Gasteiger partial charge in [-0.25, -0.2) is 12.8 Å². The molecule has 7 nitrogen and oxygen atoms in total. The summed E-state index contributed by atoms with van der Waals surface area (Å²) in [5, 5.41) is 2.88. The summed E-state index contributed by atoms with van der Waals surface area (Å²) in [4.78, 5) is 28.2. The van der Waals surface area contributed by atoms with Gasteiger partial charge in [0.25, 0.3) is 10.0 Å². The van der Waals surface area contributed by atoms with Crippen molar-refractivity contribution >= 4 is 27.5 Å². The topological polar surface area (TPSA) is 86.8 Å². The summed E-state index contributed by atoms with van der Waals surface area (Å²) in [6, 6.07) is 19.4. The number of anilines is 1. The minimum atomic E-state index is -4.11. The number of amides is 2. The SMILES string of the molecule is CC[C@H](C)NC(=O)[C@@H](C)N(Cc1ccc(F)cc1)C(=O)CN(c1ccccc1)S(=O)(=O)c1ccc(C)cc1. The van der Waals surface area contributed by atoms with Gasteiger partial charge in [-0.05, 0) is 69.2 Å². The van der Waals surface area contributed by atoms with Crippen LogP contribution in [0.4, 0.5) is 10.1 Å². The van der Waals surface area contributed by atoms with Gasteiger partial charge in [-0.1, -0.05) is 55.0 Å². The molecule has 0 fully saturated rings. The van der Waals surface area contributed by atoms with E-state index in [0.717, 1.165) is 9.87 Å². The molecule has 0 saturated carbocycles. The van der Waals surface area contributed by atoms with E-state index in [0.29, 0.717) is 17.7 Å². The van der Waals surface area contributed by atoms with Crippen LogP contribution in [0.3, 0.4) is 0 Å². The van der Waals surface area contributed by atoms with Crippen molar-refractivity contribution in [3.05, 3.63) is 95.8 Å². The molecule has 3 aromatic rings. The number of hydrogen-bond acceptors (Lipinski definition) is 4. The molecule has 202 valence electrons. The molecule has 3 aromatic carbocycles. The van der Waals surface area contributed by atoms with Crippen molar-refractivity contribution in [2.45, 2.75) is 57.6 Å². The van der Waals surface area contributed by atoms with Crippen LogP contribution in [0.2, 0.25) is 0 Å². The highest BCUT2D eigenvalue weighted by Gasteiger charge is 2.32. The van der Waals surface area contributed by atoms with Gasteiger partial charge in [-0.3, -0.25) is 13.9 Å². The minimum absolute atomic E-state index is 0.00140. The van der Waals surface area contributed by atoms with Crippen LogP contribution in [0.25, 0.3) is 0 Å². The summed E-state index contributed by atoms with van der Waals surface area (Å²) in [7, 11) is -4.11. The molecule has 0 bridgehead atoms. The van der Waals surface area contributed by atoms with Crippen molar-refractivity contribution in [3.63, 3.8) is 0 Å². The summed E-state index contributed by atoms with van der Waals surface area (Å²) in [6.45, 7) is 6.73. The van der Waals surface area contributed by atoms with Gasteiger partial charge in [-0.2, -0.15) is 0 Å². The third-order valence-corrected chi connectivity index (χ3v) is 8.15. The van der Waals surface area contributed by atoms with Crippen molar-refractivity contribution in [1.29, 1.82) is 0 Å². The largest absolute Gasteiger partial charge is 0.352 e. The van der Waals surface area contributed by atoms with Gasteiger partial charge in [0.1, 0.15) is 18.4 Å². The first-order valence-corrected chi connectivity index (χ1v) is 14.0. The number of aryl methyl sites for hydroxylation is 1. The zero-order chi connectivity index (χ0) is 27.9. The number of rotatable bonds is 11. The van der Waals surface area contributed by atoms with E-state index in [9.17, 15) is 22.4 Å². The van der Waals surface area contributed by atoms with Crippen molar-refractivity contribution in [2.24, 2.45) is 0 Å². The fraction of sp³-hybridized carbons (Fsp3) is 0.310. The maximum atomic E-state index is 13.8. The molecule has 9 heteroatoms. The quantitative estimate of drug-likeness (QED) is 0.384. The minimum Gasteiger partial charge on any atom is -0.352 e. The highest BCUT2D eigenvalue weighted by atomic mass is 32.2. The zero-order valence-electron chi connectivity index (χ0n) is 22.1. The molecule has 0 aliphatic rings. The number of benzene rings is 3. The number of carbonyl (C=O) groups excluding carboxylic acids is 2. The average Bonchev–Trinajstić information content (AvgIpc) is 2.91. The fourth-order valence-electron chi connectivity index (χ4n) is 3.80. The lowest BCUT2D eigenvalue weighted by Gasteiger charge is -2.32. The Bertz CT molecular complexity index is 1330. The zero-order valence-corrected chi connectivity index (χ0v) is 22.9. The number of nitrogens with zero attached hydrogens (tertiary/aromatic N) is 2. The third-order valence-electron chi connectivity index (χ3n) is 6.37. The molecular formula is C29H34FN3O4S. The van der Waals surface area contributed by atoms with E-state index in [2.05, 4.69) is 5.32 Å². The van der Waals surface area contributed by atoms with Crippen LogP contribution in [0.15, 0.2) is 83.8 Å². The molecule has 0 aromatic heterocycles. The lowest BCUT2D eigenvalue weighted by Crippen LogP contribution is -2.52. The van der Waals surface area contributed by atoms with Crippen LogP contribution < -0.4 is 9.62 Å². The molecule has 0 unspecified atom stereocenters. The summed E-state index contributed by atoms with van der Waals surface area (Å²) in [6.07, 6.45) is 0.709. The van der Waals surface area contributed by atoms with E-state index < -0.39 is 34.3 Å².